The van der Waals surface area contributed by atoms with Crippen LogP contribution in [-0.4, -0.2) is 31.4 Å². The molecule has 1 N–H and O–H groups in total. The number of nitrogens with one attached hydrogen (secondary N) is 1. The minimum absolute atomic E-state index is 0.168. The number of rotatable bonds is 5. The van der Waals surface area contributed by atoms with Gasteiger partial charge in [0.1, 0.15) is 0 Å². The molecule has 0 aliphatic carbocycles. The predicted molar refractivity (Wildman–Crippen MR) is 104 cm³/mol. The van der Waals surface area contributed by atoms with Gasteiger partial charge in [-0.05, 0) is 55.0 Å². The first kappa shape index (κ1) is 18.4. The SMILES string of the molecule is Cc1ccc(-n2nnnc2S[C@@H](C)C(=O)Nc2ccccc2Cl)c(C)c1. The van der Waals surface area contributed by atoms with Gasteiger partial charge in [0.15, 0.2) is 0 Å². The van der Waals surface area contributed by atoms with Crippen molar-refractivity contribution >= 4 is 35.0 Å². The number of hydrogen-bond donors (Lipinski definition) is 1. The Labute approximate surface area is 160 Å². The van der Waals surface area contributed by atoms with Crippen LogP contribution in [0.15, 0.2) is 47.6 Å². The first-order chi connectivity index (χ1) is 12.5. The molecule has 0 radical (unpaired) electrons. The van der Waals surface area contributed by atoms with Gasteiger partial charge in [-0.2, -0.15) is 4.68 Å². The monoisotopic (exact) mass is 387 g/mol. The smallest absolute Gasteiger partial charge is 0.237 e. The van der Waals surface area contributed by atoms with Crippen LogP contribution in [0.2, 0.25) is 5.02 Å². The number of thioether (sulfide) groups is 1. The number of carbonyl (C=O) groups is 1. The second-order valence-corrected chi connectivity index (χ2v) is 7.61. The molecule has 0 saturated carbocycles. The highest BCUT2D eigenvalue weighted by Crippen LogP contribution is 2.27. The second kappa shape index (κ2) is 7.88. The second-order valence-electron chi connectivity index (χ2n) is 5.89. The van der Waals surface area contributed by atoms with E-state index in [2.05, 4.69) is 26.9 Å². The lowest BCUT2D eigenvalue weighted by atomic mass is 10.1. The third kappa shape index (κ3) is 4.05. The van der Waals surface area contributed by atoms with E-state index in [9.17, 15) is 4.79 Å². The van der Waals surface area contributed by atoms with E-state index < -0.39 is 5.25 Å². The largest absolute Gasteiger partial charge is 0.324 e. The van der Waals surface area contributed by atoms with Gasteiger partial charge in [-0.15, -0.1) is 5.10 Å². The Morgan fingerprint density at radius 1 is 1.23 bits per heavy atom. The zero-order valence-corrected chi connectivity index (χ0v) is 16.2. The van der Waals surface area contributed by atoms with Crippen molar-refractivity contribution in [3.63, 3.8) is 0 Å². The topological polar surface area (TPSA) is 72.7 Å². The summed E-state index contributed by atoms with van der Waals surface area (Å²) in [5.41, 5.74) is 3.70. The molecule has 0 aliphatic heterocycles. The molecule has 0 spiro atoms. The van der Waals surface area contributed by atoms with Gasteiger partial charge in [0.05, 0.1) is 21.6 Å². The Morgan fingerprint density at radius 3 is 2.73 bits per heavy atom. The third-order valence-electron chi connectivity index (χ3n) is 3.80. The number of tetrazole rings is 1. The maximum Gasteiger partial charge on any atom is 0.237 e. The number of hydrogen-bond acceptors (Lipinski definition) is 5. The van der Waals surface area contributed by atoms with Gasteiger partial charge in [0.2, 0.25) is 11.1 Å². The van der Waals surface area contributed by atoms with Crippen LogP contribution in [0.1, 0.15) is 18.1 Å². The number of anilines is 1. The molecule has 1 aromatic heterocycles. The van der Waals surface area contributed by atoms with Gasteiger partial charge in [-0.1, -0.05) is 53.2 Å². The highest BCUT2D eigenvalue weighted by atomic mass is 35.5. The Hall–Kier alpha value is -2.38. The number of aromatic nitrogens is 4. The van der Waals surface area contributed by atoms with Crippen molar-refractivity contribution in [3.8, 4) is 5.69 Å². The van der Waals surface area contributed by atoms with Gasteiger partial charge < -0.3 is 5.32 Å². The maximum atomic E-state index is 12.5. The fraction of sp³-hybridized carbons (Fsp3) is 0.222. The van der Waals surface area contributed by atoms with Gasteiger partial charge in [0, 0.05) is 0 Å². The van der Waals surface area contributed by atoms with Crippen LogP contribution in [0.4, 0.5) is 5.69 Å². The summed E-state index contributed by atoms with van der Waals surface area (Å²) in [5, 5.41) is 15.4. The van der Waals surface area contributed by atoms with E-state index in [1.54, 1.807) is 23.7 Å². The molecule has 1 amide bonds. The van der Waals surface area contributed by atoms with E-state index in [1.807, 2.05) is 38.1 Å². The Balaban J connectivity index is 1.76. The number of benzene rings is 2. The molecule has 0 fully saturated rings. The van der Waals surface area contributed by atoms with E-state index in [1.165, 1.54) is 17.3 Å². The summed E-state index contributed by atoms with van der Waals surface area (Å²) < 4.78 is 1.65. The van der Waals surface area contributed by atoms with Crippen LogP contribution in [-0.2, 0) is 4.79 Å². The number of amides is 1. The molecule has 26 heavy (non-hydrogen) atoms. The molecule has 0 bridgehead atoms. The van der Waals surface area contributed by atoms with Crippen LogP contribution in [0.25, 0.3) is 5.69 Å². The number of aryl methyl sites for hydroxylation is 2. The fourth-order valence-electron chi connectivity index (χ4n) is 2.46. The quantitative estimate of drug-likeness (QED) is 0.668. The third-order valence-corrected chi connectivity index (χ3v) is 5.17. The van der Waals surface area contributed by atoms with E-state index in [0.717, 1.165) is 11.3 Å². The summed E-state index contributed by atoms with van der Waals surface area (Å²) in [6.45, 7) is 5.84. The molecule has 0 unspecified atom stereocenters. The summed E-state index contributed by atoms with van der Waals surface area (Å²) in [6.07, 6.45) is 0. The normalized spacial score (nSPS) is 12.0. The van der Waals surface area contributed by atoms with Gasteiger partial charge in [0.25, 0.3) is 0 Å². The zero-order valence-electron chi connectivity index (χ0n) is 14.6. The average Bonchev–Trinajstić information content (AvgIpc) is 3.04. The predicted octanol–water partition coefficient (Wildman–Crippen LogP) is 4.05. The fourth-order valence-corrected chi connectivity index (χ4v) is 3.44. The van der Waals surface area contributed by atoms with Crippen molar-refractivity contribution < 1.29 is 4.79 Å². The molecule has 3 rings (SSSR count). The number of halogens is 1. The molecule has 6 nitrogen and oxygen atoms in total. The van der Waals surface area contributed by atoms with Crippen LogP contribution >= 0.6 is 23.4 Å². The lowest BCUT2D eigenvalue weighted by Crippen LogP contribution is -2.23. The molecule has 3 aromatic rings. The average molecular weight is 388 g/mol. The van der Waals surface area contributed by atoms with E-state index in [4.69, 9.17) is 11.6 Å². The molecule has 1 atom stereocenters. The first-order valence-electron chi connectivity index (χ1n) is 8.04. The minimum atomic E-state index is -0.401. The van der Waals surface area contributed by atoms with Gasteiger partial charge >= 0.3 is 0 Å². The standard InChI is InChI=1S/C18H18ClN5OS/c1-11-8-9-16(12(2)10-11)24-18(21-22-23-24)26-13(3)17(25)20-15-7-5-4-6-14(15)19/h4-10,13H,1-3H3,(H,20,25)/t13-/m0/s1. The van der Waals surface area contributed by atoms with E-state index in [0.29, 0.717) is 15.9 Å². The van der Waals surface area contributed by atoms with Gasteiger partial charge in [-0.25, -0.2) is 0 Å². The van der Waals surface area contributed by atoms with E-state index >= 15 is 0 Å². The lowest BCUT2D eigenvalue weighted by Gasteiger charge is -2.13. The number of para-hydroxylation sites is 1. The molecule has 0 aliphatic rings. The van der Waals surface area contributed by atoms with Crippen molar-refractivity contribution in [2.45, 2.75) is 31.2 Å². The Morgan fingerprint density at radius 2 is 2.00 bits per heavy atom. The first-order valence-corrected chi connectivity index (χ1v) is 9.29. The van der Waals surface area contributed by atoms with Crippen molar-refractivity contribution in [2.24, 2.45) is 0 Å². The van der Waals surface area contributed by atoms with Gasteiger partial charge in [-0.3, -0.25) is 4.79 Å². The zero-order chi connectivity index (χ0) is 18.7. The summed E-state index contributed by atoms with van der Waals surface area (Å²) in [4.78, 5) is 12.5. The maximum absolute atomic E-state index is 12.5. The van der Waals surface area contributed by atoms with Crippen molar-refractivity contribution in [1.82, 2.24) is 20.2 Å². The summed E-state index contributed by atoms with van der Waals surface area (Å²) in [7, 11) is 0. The van der Waals surface area contributed by atoms with E-state index in [-0.39, 0.29) is 5.91 Å². The van der Waals surface area contributed by atoms with Crippen LogP contribution in [0, 0.1) is 13.8 Å². The number of nitrogens with zero attached hydrogens (tertiary/aromatic N) is 4. The molecular formula is C18H18ClN5OS. The lowest BCUT2D eigenvalue weighted by molar-refractivity contribution is -0.115. The summed E-state index contributed by atoms with van der Waals surface area (Å²) in [5.74, 6) is -0.168. The van der Waals surface area contributed by atoms with Crippen LogP contribution in [0.5, 0.6) is 0 Å². The molecule has 2 aromatic carbocycles. The van der Waals surface area contributed by atoms with Crippen molar-refractivity contribution in [3.05, 3.63) is 58.6 Å². The minimum Gasteiger partial charge on any atom is -0.324 e. The Bertz CT molecular complexity index is 943. The Kier molecular flexibility index (Phi) is 5.58. The van der Waals surface area contributed by atoms with Crippen molar-refractivity contribution in [2.75, 3.05) is 5.32 Å². The van der Waals surface area contributed by atoms with Crippen molar-refractivity contribution in [1.29, 1.82) is 0 Å². The van der Waals surface area contributed by atoms with Crippen LogP contribution < -0.4 is 5.32 Å². The number of carbonyl (C=O) groups excluding carboxylic acids is 1. The molecular weight excluding hydrogens is 370 g/mol. The van der Waals surface area contributed by atoms with Crippen LogP contribution in [0.3, 0.4) is 0 Å². The highest BCUT2D eigenvalue weighted by molar-refractivity contribution is 8.00. The molecule has 0 saturated heterocycles. The summed E-state index contributed by atoms with van der Waals surface area (Å²) >= 11 is 7.38. The molecule has 1 heterocycles. The molecule has 134 valence electrons. The molecule has 8 heteroatoms. The highest BCUT2D eigenvalue weighted by Gasteiger charge is 2.20. The summed E-state index contributed by atoms with van der Waals surface area (Å²) in [6, 6.07) is 13.2.